The van der Waals surface area contributed by atoms with Crippen molar-refractivity contribution in [3.8, 4) is 0 Å². The molecule has 1 atom stereocenters. The number of aryl methyl sites for hydroxylation is 1. The third-order valence-corrected chi connectivity index (χ3v) is 5.89. The molecule has 2 aliphatic heterocycles. The molecule has 2 amide bonds. The van der Waals surface area contributed by atoms with Gasteiger partial charge >= 0.3 is 0 Å². The molecule has 1 unspecified atom stereocenters. The lowest BCUT2D eigenvalue weighted by atomic mass is 10.1. The van der Waals surface area contributed by atoms with E-state index in [0.717, 1.165) is 24.3 Å². The molecular formula is C21H21ClFN3O2. The van der Waals surface area contributed by atoms with Crippen molar-refractivity contribution in [3.05, 3.63) is 58.9 Å². The number of hydrogen-bond acceptors (Lipinski definition) is 4. The van der Waals surface area contributed by atoms with E-state index in [1.165, 1.54) is 17.0 Å². The molecule has 7 heteroatoms. The Labute approximate surface area is 168 Å². The molecule has 2 aromatic rings. The second-order valence-electron chi connectivity index (χ2n) is 7.22. The first-order chi connectivity index (χ1) is 13.4. The van der Waals surface area contributed by atoms with E-state index in [9.17, 15) is 14.0 Å². The molecular weight excluding hydrogens is 381 g/mol. The van der Waals surface area contributed by atoms with Crippen molar-refractivity contribution in [2.24, 2.45) is 0 Å². The lowest BCUT2D eigenvalue weighted by molar-refractivity contribution is -0.123. The Morgan fingerprint density at radius 3 is 2.25 bits per heavy atom. The monoisotopic (exact) mass is 401 g/mol. The van der Waals surface area contributed by atoms with Crippen LogP contribution in [0.25, 0.3) is 0 Å². The van der Waals surface area contributed by atoms with Crippen molar-refractivity contribution in [1.29, 1.82) is 0 Å². The predicted molar refractivity (Wildman–Crippen MR) is 107 cm³/mol. The summed E-state index contributed by atoms with van der Waals surface area (Å²) in [5.41, 5.74) is 2.39. The van der Waals surface area contributed by atoms with Gasteiger partial charge < -0.3 is 4.90 Å². The number of benzene rings is 2. The molecule has 0 radical (unpaired) electrons. The largest absolute Gasteiger partial charge is 0.369 e. The van der Waals surface area contributed by atoms with E-state index in [1.54, 1.807) is 24.3 Å². The third kappa shape index (κ3) is 3.50. The maximum atomic E-state index is 13.1. The smallest absolute Gasteiger partial charge is 0.251 e. The molecule has 2 aromatic carbocycles. The molecule has 146 valence electrons. The first-order valence-electron chi connectivity index (χ1n) is 9.31. The van der Waals surface area contributed by atoms with E-state index in [-0.39, 0.29) is 24.1 Å². The maximum Gasteiger partial charge on any atom is 0.251 e. The first kappa shape index (κ1) is 18.9. The van der Waals surface area contributed by atoms with Crippen LogP contribution in [-0.2, 0) is 9.59 Å². The Morgan fingerprint density at radius 2 is 1.61 bits per heavy atom. The van der Waals surface area contributed by atoms with Crippen molar-refractivity contribution in [1.82, 2.24) is 4.90 Å². The van der Waals surface area contributed by atoms with Crippen molar-refractivity contribution < 1.29 is 14.0 Å². The van der Waals surface area contributed by atoms with Gasteiger partial charge in [-0.15, -0.1) is 0 Å². The molecule has 2 aliphatic rings. The van der Waals surface area contributed by atoms with Crippen molar-refractivity contribution in [3.63, 3.8) is 0 Å². The third-order valence-electron chi connectivity index (χ3n) is 5.48. The number of imide groups is 1. The van der Waals surface area contributed by atoms with E-state index in [2.05, 4.69) is 9.80 Å². The number of halogens is 2. The van der Waals surface area contributed by atoms with Crippen LogP contribution in [0.2, 0.25) is 5.02 Å². The molecule has 0 aliphatic carbocycles. The van der Waals surface area contributed by atoms with Gasteiger partial charge in [0, 0.05) is 36.9 Å². The van der Waals surface area contributed by atoms with Gasteiger partial charge in [-0.2, -0.15) is 0 Å². The number of anilines is 2. The normalized spacial score (nSPS) is 20.9. The topological polar surface area (TPSA) is 43.9 Å². The fourth-order valence-electron chi connectivity index (χ4n) is 3.84. The minimum Gasteiger partial charge on any atom is -0.369 e. The average molecular weight is 402 g/mol. The van der Waals surface area contributed by atoms with Crippen LogP contribution in [0, 0.1) is 12.7 Å². The van der Waals surface area contributed by atoms with E-state index in [4.69, 9.17) is 11.6 Å². The van der Waals surface area contributed by atoms with Crippen LogP contribution in [0.5, 0.6) is 0 Å². The van der Waals surface area contributed by atoms with Gasteiger partial charge in [-0.05, 0) is 48.9 Å². The van der Waals surface area contributed by atoms with Gasteiger partial charge in [0.15, 0.2) is 0 Å². The van der Waals surface area contributed by atoms with Gasteiger partial charge in [-0.3, -0.25) is 14.5 Å². The van der Waals surface area contributed by atoms with Gasteiger partial charge in [-0.25, -0.2) is 9.29 Å². The summed E-state index contributed by atoms with van der Waals surface area (Å²) < 4.78 is 13.1. The molecule has 5 nitrogen and oxygen atoms in total. The Bertz CT molecular complexity index is 910. The van der Waals surface area contributed by atoms with Crippen LogP contribution in [0.1, 0.15) is 12.0 Å². The highest BCUT2D eigenvalue weighted by molar-refractivity contribution is 6.32. The molecule has 2 saturated heterocycles. The van der Waals surface area contributed by atoms with Crippen LogP contribution >= 0.6 is 11.6 Å². The summed E-state index contributed by atoms with van der Waals surface area (Å²) in [4.78, 5) is 31.0. The van der Waals surface area contributed by atoms with Crippen molar-refractivity contribution in [2.75, 3.05) is 36.0 Å². The number of carbonyl (C=O) groups excluding carboxylic acids is 2. The molecule has 0 saturated carbocycles. The highest BCUT2D eigenvalue weighted by Gasteiger charge is 2.43. The van der Waals surface area contributed by atoms with Gasteiger partial charge in [0.25, 0.3) is 5.91 Å². The Hall–Kier alpha value is -2.44. The second-order valence-corrected chi connectivity index (χ2v) is 7.63. The standard InChI is InChI=1S/C21H21ClFN3O2/c1-14-2-5-17(12-18(14)22)26-20(27)13-19(21(26)28)25-10-8-24(9-11-25)16-6-3-15(23)4-7-16/h2-7,12,19H,8-11,13H2,1H3. The van der Waals surface area contributed by atoms with Crippen LogP contribution < -0.4 is 9.80 Å². The molecule has 0 aromatic heterocycles. The zero-order chi connectivity index (χ0) is 19.8. The fraction of sp³-hybridized carbons (Fsp3) is 0.333. The van der Waals surface area contributed by atoms with E-state index in [1.807, 2.05) is 13.0 Å². The highest BCUT2D eigenvalue weighted by atomic mass is 35.5. The minimum absolute atomic E-state index is 0.181. The summed E-state index contributed by atoms with van der Waals surface area (Å²) in [6, 6.07) is 11.2. The lowest BCUT2D eigenvalue weighted by Gasteiger charge is -2.38. The molecule has 2 fully saturated rings. The summed E-state index contributed by atoms with van der Waals surface area (Å²) in [6.07, 6.45) is 0.181. The zero-order valence-corrected chi connectivity index (χ0v) is 16.3. The number of hydrogen-bond donors (Lipinski definition) is 0. The summed E-state index contributed by atoms with van der Waals surface area (Å²) >= 11 is 6.17. The van der Waals surface area contributed by atoms with E-state index in [0.29, 0.717) is 23.8 Å². The van der Waals surface area contributed by atoms with Crippen LogP contribution in [0.15, 0.2) is 42.5 Å². The Balaban J connectivity index is 1.44. The molecule has 4 rings (SSSR count). The van der Waals surface area contributed by atoms with Gasteiger partial charge in [-0.1, -0.05) is 17.7 Å². The highest BCUT2D eigenvalue weighted by Crippen LogP contribution is 2.30. The summed E-state index contributed by atoms with van der Waals surface area (Å²) in [7, 11) is 0. The Kier molecular flexibility index (Phi) is 5.08. The first-order valence-corrected chi connectivity index (χ1v) is 9.69. The molecule has 0 N–H and O–H groups in total. The molecule has 0 spiro atoms. The minimum atomic E-state index is -0.442. The average Bonchev–Trinajstić information content (AvgIpc) is 2.99. The van der Waals surface area contributed by atoms with Crippen LogP contribution in [-0.4, -0.2) is 48.9 Å². The SMILES string of the molecule is Cc1ccc(N2C(=O)CC(N3CCN(c4ccc(F)cc4)CC3)C2=O)cc1Cl. The maximum absolute atomic E-state index is 13.1. The van der Waals surface area contributed by atoms with Crippen LogP contribution in [0.4, 0.5) is 15.8 Å². The van der Waals surface area contributed by atoms with Crippen molar-refractivity contribution in [2.45, 2.75) is 19.4 Å². The summed E-state index contributed by atoms with van der Waals surface area (Å²) in [6.45, 7) is 4.66. The van der Waals surface area contributed by atoms with Crippen molar-refractivity contribution >= 4 is 34.8 Å². The summed E-state index contributed by atoms with van der Waals surface area (Å²) in [5.74, 6) is -0.648. The number of piperazine rings is 1. The van der Waals surface area contributed by atoms with E-state index >= 15 is 0 Å². The van der Waals surface area contributed by atoms with E-state index < -0.39 is 6.04 Å². The van der Waals surface area contributed by atoms with Gasteiger partial charge in [0.2, 0.25) is 5.91 Å². The quantitative estimate of drug-likeness (QED) is 0.741. The number of carbonyl (C=O) groups is 2. The lowest BCUT2D eigenvalue weighted by Crippen LogP contribution is -2.52. The Morgan fingerprint density at radius 1 is 0.964 bits per heavy atom. The second kappa shape index (κ2) is 7.53. The fourth-order valence-corrected chi connectivity index (χ4v) is 4.01. The summed E-state index contributed by atoms with van der Waals surface area (Å²) in [5, 5.41) is 0.537. The zero-order valence-electron chi connectivity index (χ0n) is 15.6. The molecule has 0 bridgehead atoms. The van der Waals surface area contributed by atoms with Gasteiger partial charge in [0.05, 0.1) is 18.2 Å². The number of nitrogens with zero attached hydrogens (tertiary/aromatic N) is 3. The van der Waals surface area contributed by atoms with Crippen LogP contribution in [0.3, 0.4) is 0 Å². The molecule has 28 heavy (non-hydrogen) atoms. The molecule has 2 heterocycles. The number of rotatable bonds is 3. The predicted octanol–water partition coefficient (Wildman–Crippen LogP) is 3.24. The van der Waals surface area contributed by atoms with Gasteiger partial charge in [0.1, 0.15) is 5.82 Å². The number of amides is 2.